The largest absolute Gasteiger partial charge is 0.340 e. The van der Waals surface area contributed by atoms with Crippen molar-refractivity contribution in [3.63, 3.8) is 0 Å². The van der Waals surface area contributed by atoms with E-state index in [1.807, 2.05) is 42.7 Å². The number of anilines is 2. The first kappa shape index (κ1) is 13.3. The van der Waals surface area contributed by atoms with E-state index in [2.05, 4.69) is 36.2 Å². The molecule has 0 saturated heterocycles. The molecular formula is C14H11BrN4S. The Bertz CT molecular complexity index is 746. The van der Waals surface area contributed by atoms with E-state index in [1.165, 1.54) is 11.8 Å². The molecule has 0 amide bonds. The Labute approximate surface area is 129 Å². The van der Waals surface area contributed by atoms with Gasteiger partial charge in [0, 0.05) is 16.4 Å². The Morgan fingerprint density at radius 1 is 1.10 bits per heavy atom. The molecule has 3 rings (SSSR count). The molecule has 0 atom stereocenters. The summed E-state index contributed by atoms with van der Waals surface area (Å²) in [5.41, 5.74) is 1.68. The van der Waals surface area contributed by atoms with Crippen molar-refractivity contribution in [1.29, 1.82) is 0 Å². The zero-order valence-corrected chi connectivity index (χ0v) is 13.1. The highest BCUT2D eigenvalue weighted by Crippen LogP contribution is 2.25. The normalized spacial score (nSPS) is 10.7. The fourth-order valence-electron chi connectivity index (χ4n) is 1.80. The van der Waals surface area contributed by atoms with Crippen LogP contribution in [-0.2, 0) is 0 Å². The van der Waals surface area contributed by atoms with E-state index in [9.17, 15) is 0 Å². The smallest absolute Gasteiger partial charge is 0.191 e. The van der Waals surface area contributed by atoms with Gasteiger partial charge in [0.1, 0.15) is 5.82 Å². The summed E-state index contributed by atoms with van der Waals surface area (Å²) >= 11 is 4.93. The molecule has 0 aliphatic rings. The maximum absolute atomic E-state index is 4.53. The Hall–Kier alpha value is -1.66. The van der Waals surface area contributed by atoms with Crippen LogP contribution in [0.3, 0.4) is 0 Å². The van der Waals surface area contributed by atoms with Crippen molar-refractivity contribution >= 4 is 50.2 Å². The fourth-order valence-corrected chi connectivity index (χ4v) is 2.42. The highest BCUT2D eigenvalue weighted by molar-refractivity contribution is 9.10. The van der Waals surface area contributed by atoms with Crippen molar-refractivity contribution in [1.82, 2.24) is 15.0 Å². The molecular weight excluding hydrogens is 336 g/mol. The standard InChI is InChI=1S/C14H11BrN4S/c1-20-14-18-12-11(3-2-8-16-12)13(19-14)17-10-6-4-9(15)5-7-10/h2-8H,1H3,(H,16,17,18,19). The zero-order valence-electron chi connectivity index (χ0n) is 10.7. The van der Waals surface area contributed by atoms with Gasteiger partial charge < -0.3 is 5.32 Å². The van der Waals surface area contributed by atoms with Crippen LogP contribution >= 0.6 is 27.7 Å². The highest BCUT2D eigenvalue weighted by atomic mass is 79.9. The molecule has 1 aromatic carbocycles. The molecule has 2 aromatic heterocycles. The molecule has 20 heavy (non-hydrogen) atoms. The number of hydrogen-bond donors (Lipinski definition) is 1. The van der Waals surface area contributed by atoms with E-state index in [0.717, 1.165) is 21.4 Å². The van der Waals surface area contributed by atoms with E-state index in [-0.39, 0.29) is 0 Å². The first-order chi connectivity index (χ1) is 9.76. The van der Waals surface area contributed by atoms with Crippen LogP contribution < -0.4 is 5.32 Å². The van der Waals surface area contributed by atoms with Crippen LogP contribution in [0, 0.1) is 0 Å². The number of nitrogens with zero attached hydrogens (tertiary/aromatic N) is 3. The Kier molecular flexibility index (Phi) is 3.84. The number of aromatic nitrogens is 3. The second-order valence-electron chi connectivity index (χ2n) is 4.07. The van der Waals surface area contributed by atoms with E-state index in [1.54, 1.807) is 6.20 Å². The van der Waals surface area contributed by atoms with E-state index < -0.39 is 0 Å². The van der Waals surface area contributed by atoms with Crippen molar-refractivity contribution < 1.29 is 0 Å². The fraction of sp³-hybridized carbons (Fsp3) is 0.0714. The van der Waals surface area contributed by atoms with Crippen LogP contribution in [0.25, 0.3) is 11.0 Å². The van der Waals surface area contributed by atoms with Crippen molar-refractivity contribution in [3.8, 4) is 0 Å². The van der Waals surface area contributed by atoms with Crippen molar-refractivity contribution in [2.24, 2.45) is 0 Å². The number of pyridine rings is 1. The molecule has 1 N–H and O–H groups in total. The molecule has 0 fully saturated rings. The molecule has 2 heterocycles. The van der Waals surface area contributed by atoms with E-state index in [0.29, 0.717) is 10.8 Å². The minimum atomic E-state index is 0.700. The summed E-state index contributed by atoms with van der Waals surface area (Å²) in [7, 11) is 0. The van der Waals surface area contributed by atoms with E-state index in [4.69, 9.17) is 0 Å². The summed E-state index contributed by atoms with van der Waals surface area (Å²) < 4.78 is 1.04. The molecule has 0 unspecified atom stereocenters. The van der Waals surface area contributed by atoms with Gasteiger partial charge in [-0.15, -0.1) is 0 Å². The van der Waals surface area contributed by atoms with Gasteiger partial charge in [0.25, 0.3) is 0 Å². The van der Waals surface area contributed by atoms with Gasteiger partial charge in [-0.05, 0) is 42.7 Å². The molecule has 4 nitrogen and oxygen atoms in total. The number of halogens is 1. The molecule has 0 spiro atoms. The third-order valence-electron chi connectivity index (χ3n) is 2.74. The van der Waals surface area contributed by atoms with Crippen LogP contribution in [0.1, 0.15) is 0 Å². The number of fused-ring (bicyclic) bond motifs is 1. The van der Waals surface area contributed by atoms with Gasteiger partial charge in [0.2, 0.25) is 0 Å². The van der Waals surface area contributed by atoms with Crippen LogP contribution in [0.4, 0.5) is 11.5 Å². The highest BCUT2D eigenvalue weighted by Gasteiger charge is 2.08. The molecule has 0 saturated carbocycles. The monoisotopic (exact) mass is 346 g/mol. The lowest BCUT2D eigenvalue weighted by molar-refractivity contribution is 0.996. The molecule has 0 radical (unpaired) electrons. The Morgan fingerprint density at radius 2 is 1.90 bits per heavy atom. The third-order valence-corrected chi connectivity index (χ3v) is 3.82. The first-order valence-electron chi connectivity index (χ1n) is 5.95. The second-order valence-corrected chi connectivity index (χ2v) is 5.75. The minimum Gasteiger partial charge on any atom is -0.340 e. The maximum Gasteiger partial charge on any atom is 0.191 e. The summed E-state index contributed by atoms with van der Waals surface area (Å²) in [5.74, 6) is 0.773. The van der Waals surface area contributed by atoms with Crippen molar-refractivity contribution in [3.05, 3.63) is 47.1 Å². The Balaban J connectivity index is 2.07. The van der Waals surface area contributed by atoms with Gasteiger partial charge in [-0.3, -0.25) is 0 Å². The molecule has 0 aliphatic heterocycles. The molecule has 6 heteroatoms. The molecule has 3 aromatic rings. The number of rotatable bonds is 3. The molecule has 0 bridgehead atoms. The maximum atomic E-state index is 4.53. The van der Waals surface area contributed by atoms with Crippen molar-refractivity contribution in [2.75, 3.05) is 11.6 Å². The molecule has 0 aliphatic carbocycles. The Morgan fingerprint density at radius 3 is 2.65 bits per heavy atom. The topological polar surface area (TPSA) is 50.7 Å². The van der Waals surface area contributed by atoms with Gasteiger partial charge in [0.15, 0.2) is 10.8 Å². The zero-order chi connectivity index (χ0) is 13.9. The van der Waals surface area contributed by atoms with Gasteiger partial charge in [0.05, 0.1) is 5.39 Å². The van der Waals surface area contributed by atoms with Gasteiger partial charge in [-0.1, -0.05) is 27.7 Å². The minimum absolute atomic E-state index is 0.700. The average molecular weight is 347 g/mol. The summed E-state index contributed by atoms with van der Waals surface area (Å²) in [6.07, 6.45) is 3.69. The quantitative estimate of drug-likeness (QED) is 0.567. The lowest BCUT2D eigenvalue weighted by Gasteiger charge is -2.09. The second kappa shape index (κ2) is 5.76. The number of benzene rings is 1. The average Bonchev–Trinajstić information content (AvgIpc) is 2.49. The van der Waals surface area contributed by atoms with Gasteiger partial charge in [-0.2, -0.15) is 0 Å². The number of hydrogen-bond acceptors (Lipinski definition) is 5. The lowest BCUT2D eigenvalue weighted by Crippen LogP contribution is -1.99. The van der Waals surface area contributed by atoms with Crippen molar-refractivity contribution in [2.45, 2.75) is 5.16 Å². The molecule has 100 valence electrons. The SMILES string of the molecule is CSc1nc(Nc2ccc(Br)cc2)c2cccnc2n1. The van der Waals surface area contributed by atoms with E-state index >= 15 is 0 Å². The van der Waals surface area contributed by atoms with Crippen LogP contribution in [-0.4, -0.2) is 21.2 Å². The van der Waals surface area contributed by atoms with Crippen LogP contribution in [0.15, 0.2) is 52.2 Å². The predicted molar refractivity (Wildman–Crippen MR) is 86.5 cm³/mol. The summed E-state index contributed by atoms with van der Waals surface area (Å²) in [4.78, 5) is 13.2. The van der Waals surface area contributed by atoms with Crippen LogP contribution in [0.5, 0.6) is 0 Å². The summed E-state index contributed by atoms with van der Waals surface area (Å²) in [6, 6.07) is 11.8. The predicted octanol–water partition coefficient (Wildman–Crippen LogP) is 4.25. The third kappa shape index (κ3) is 2.76. The van der Waals surface area contributed by atoms with Crippen LogP contribution in [0.2, 0.25) is 0 Å². The lowest BCUT2D eigenvalue weighted by atomic mass is 10.3. The summed E-state index contributed by atoms with van der Waals surface area (Å²) in [5, 5.41) is 4.94. The van der Waals surface area contributed by atoms with Gasteiger partial charge in [-0.25, -0.2) is 15.0 Å². The first-order valence-corrected chi connectivity index (χ1v) is 7.97. The summed E-state index contributed by atoms with van der Waals surface area (Å²) in [6.45, 7) is 0. The number of thioether (sulfide) groups is 1. The van der Waals surface area contributed by atoms with Gasteiger partial charge >= 0.3 is 0 Å². The number of nitrogens with one attached hydrogen (secondary N) is 1.